The molecule has 0 spiro atoms. The number of rotatable bonds is 6. The normalized spacial score (nSPS) is 12.3. The predicted octanol–water partition coefficient (Wildman–Crippen LogP) is 1.62. The van der Waals surface area contributed by atoms with E-state index in [1.807, 2.05) is 12.1 Å². The third-order valence-electron chi connectivity index (χ3n) is 2.70. The Hall–Kier alpha value is -2.01. The van der Waals surface area contributed by atoms with Crippen LogP contribution in [-0.4, -0.2) is 12.5 Å². The highest BCUT2D eigenvalue weighted by atomic mass is 16.3. The molecule has 1 unspecified atom stereocenters. The quantitative estimate of drug-likeness (QED) is 0.814. The number of hydrogen-bond acceptors (Lipinski definition) is 4. The van der Waals surface area contributed by atoms with Gasteiger partial charge in [0.05, 0.1) is 19.1 Å². The van der Waals surface area contributed by atoms with E-state index in [2.05, 4.69) is 5.32 Å². The smallest absolute Gasteiger partial charge is 0.221 e. The Labute approximate surface area is 105 Å². The van der Waals surface area contributed by atoms with Crippen molar-refractivity contribution < 1.29 is 13.6 Å². The van der Waals surface area contributed by atoms with E-state index in [-0.39, 0.29) is 11.8 Å². The van der Waals surface area contributed by atoms with Gasteiger partial charge in [0.15, 0.2) is 0 Å². The minimum absolute atomic E-state index is 0.0711. The van der Waals surface area contributed by atoms with Crippen LogP contribution in [0.4, 0.5) is 0 Å². The van der Waals surface area contributed by atoms with Crippen molar-refractivity contribution in [3.63, 3.8) is 0 Å². The Kier molecular flexibility index (Phi) is 4.20. The summed E-state index contributed by atoms with van der Waals surface area (Å²) in [6.45, 7) is 0.767. The van der Waals surface area contributed by atoms with Crippen LogP contribution < -0.4 is 11.1 Å². The second kappa shape index (κ2) is 6.07. The van der Waals surface area contributed by atoms with Crippen LogP contribution in [0, 0.1) is 0 Å². The molecule has 0 radical (unpaired) electrons. The summed E-state index contributed by atoms with van der Waals surface area (Å²) in [6, 6.07) is 7.22. The van der Waals surface area contributed by atoms with E-state index in [1.165, 1.54) is 0 Å². The van der Waals surface area contributed by atoms with Crippen LogP contribution >= 0.6 is 0 Å². The Bertz CT molecular complexity index is 462. The van der Waals surface area contributed by atoms with Gasteiger partial charge in [-0.15, -0.1) is 0 Å². The maximum atomic E-state index is 11.8. The molecule has 0 saturated heterocycles. The van der Waals surface area contributed by atoms with E-state index < -0.39 is 0 Å². The summed E-state index contributed by atoms with van der Waals surface area (Å²) in [7, 11) is 0. The molecule has 2 aromatic heterocycles. The maximum absolute atomic E-state index is 11.8. The van der Waals surface area contributed by atoms with Gasteiger partial charge >= 0.3 is 0 Å². The Balaban J connectivity index is 1.82. The lowest BCUT2D eigenvalue weighted by atomic mass is 10.0. The van der Waals surface area contributed by atoms with Crippen molar-refractivity contribution in [2.75, 3.05) is 6.54 Å². The van der Waals surface area contributed by atoms with Gasteiger partial charge in [0.1, 0.15) is 11.5 Å². The van der Waals surface area contributed by atoms with Crippen molar-refractivity contribution in [2.45, 2.75) is 18.9 Å². The van der Waals surface area contributed by atoms with Crippen molar-refractivity contribution in [1.29, 1.82) is 0 Å². The summed E-state index contributed by atoms with van der Waals surface area (Å²) in [6.07, 6.45) is 3.47. The average Bonchev–Trinajstić information content (AvgIpc) is 3.05. The molecular weight excluding hydrogens is 232 g/mol. The molecule has 1 amide bonds. The van der Waals surface area contributed by atoms with Crippen molar-refractivity contribution in [1.82, 2.24) is 5.32 Å². The molecule has 0 bridgehead atoms. The van der Waals surface area contributed by atoms with Gasteiger partial charge in [0, 0.05) is 18.9 Å². The Morgan fingerprint density at radius 3 is 2.67 bits per heavy atom. The molecule has 0 aromatic carbocycles. The van der Waals surface area contributed by atoms with E-state index in [1.54, 1.807) is 24.7 Å². The maximum Gasteiger partial charge on any atom is 0.221 e. The monoisotopic (exact) mass is 248 g/mol. The zero-order valence-electron chi connectivity index (χ0n) is 9.96. The molecule has 2 rings (SSSR count). The van der Waals surface area contributed by atoms with Crippen molar-refractivity contribution in [2.24, 2.45) is 5.73 Å². The number of nitrogens with one attached hydrogen (secondary N) is 1. The number of hydrogen-bond donors (Lipinski definition) is 2. The summed E-state index contributed by atoms with van der Waals surface area (Å²) in [5, 5.41) is 2.78. The van der Waals surface area contributed by atoms with Gasteiger partial charge in [-0.2, -0.15) is 0 Å². The van der Waals surface area contributed by atoms with Crippen molar-refractivity contribution in [3.8, 4) is 0 Å². The highest BCUT2D eigenvalue weighted by Crippen LogP contribution is 2.18. The summed E-state index contributed by atoms with van der Waals surface area (Å²) < 4.78 is 10.4. The highest BCUT2D eigenvalue weighted by molar-refractivity contribution is 5.76. The van der Waals surface area contributed by atoms with Crippen LogP contribution in [0.25, 0.3) is 0 Å². The van der Waals surface area contributed by atoms with E-state index in [0.717, 1.165) is 11.5 Å². The first kappa shape index (κ1) is 12.4. The third kappa shape index (κ3) is 3.24. The average molecular weight is 248 g/mol. The lowest BCUT2D eigenvalue weighted by Gasteiger charge is -2.11. The molecular formula is C13H16N2O3. The molecule has 3 N–H and O–H groups in total. The summed E-state index contributed by atoms with van der Waals surface area (Å²) in [5.41, 5.74) is 5.64. The fraction of sp³-hybridized carbons (Fsp3) is 0.308. The molecule has 96 valence electrons. The minimum Gasteiger partial charge on any atom is -0.469 e. The summed E-state index contributed by atoms with van der Waals surface area (Å²) in [4.78, 5) is 11.8. The van der Waals surface area contributed by atoms with E-state index in [4.69, 9.17) is 14.6 Å². The molecule has 2 heterocycles. The zero-order chi connectivity index (χ0) is 12.8. The SMILES string of the molecule is NCC(CC(=O)NCc1ccco1)c1ccco1. The molecule has 2 aromatic rings. The molecule has 0 fully saturated rings. The van der Waals surface area contributed by atoms with E-state index >= 15 is 0 Å². The highest BCUT2D eigenvalue weighted by Gasteiger charge is 2.16. The van der Waals surface area contributed by atoms with Gasteiger partial charge in [0.2, 0.25) is 5.91 Å². The molecule has 5 nitrogen and oxygen atoms in total. The van der Waals surface area contributed by atoms with Gasteiger partial charge in [-0.3, -0.25) is 4.79 Å². The van der Waals surface area contributed by atoms with Gasteiger partial charge in [-0.1, -0.05) is 0 Å². The van der Waals surface area contributed by atoms with Gasteiger partial charge in [-0.05, 0) is 24.3 Å². The molecule has 1 atom stereocenters. The first-order valence-electron chi connectivity index (χ1n) is 5.82. The van der Waals surface area contributed by atoms with Gasteiger partial charge in [0.25, 0.3) is 0 Å². The topological polar surface area (TPSA) is 81.4 Å². The fourth-order valence-corrected chi connectivity index (χ4v) is 1.72. The fourth-order valence-electron chi connectivity index (χ4n) is 1.72. The number of furan rings is 2. The first-order valence-corrected chi connectivity index (χ1v) is 5.82. The number of amides is 1. The van der Waals surface area contributed by atoms with Crippen LogP contribution in [0.2, 0.25) is 0 Å². The van der Waals surface area contributed by atoms with Crippen LogP contribution in [0.5, 0.6) is 0 Å². The van der Waals surface area contributed by atoms with Crippen LogP contribution in [-0.2, 0) is 11.3 Å². The molecule has 5 heteroatoms. The summed E-state index contributed by atoms with van der Waals surface area (Å²) >= 11 is 0. The Morgan fingerprint density at radius 2 is 2.06 bits per heavy atom. The van der Waals surface area contributed by atoms with Crippen molar-refractivity contribution >= 4 is 5.91 Å². The largest absolute Gasteiger partial charge is 0.469 e. The number of carbonyl (C=O) groups excluding carboxylic acids is 1. The standard InChI is InChI=1S/C13H16N2O3/c14-8-10(12-4-2-6-18-12)7-13(16)15-9-11-3-1-5-17-11/h1-6,10H,7-9,14H2,(H,15,16). The van der Waals surface area contributed by atoms with Gasteiger partial charge < -0.3 is 19.9 Å². The molecule has 0 saturated carbocycles. The van der Waals surface area contributed by atoms with E-state index in [9.17, 15) is 4.79 Å². The molecule has 0 aliphatic carbocycles. The van der Waals surface area contributed by atoms with E-state index in [0.29, 0.717) is 19.5 Å². The van der Waals surface area contributed by atoms with Gasteiger partial charge in [-0.25, -0.2) is 0 Å². The minimum atomic E-state index is -0.0865. The Morgan fingerprint density at radius 1 is 1.28 bits per heavy atom. The first-order chi connectivity index (χ1) is 8.79. The van der Waals surface area contributed by atoms with Crippen LogP contribution in [0.3, 0.4) is 0 Å². The predicted molar refractivity (Wildman–Crippen MR) is 65.7 cm³/mol. The zero-order valence-corrected chi connectivity index (χ0v) is 9.96. The molecule has 18 heavy (non-hydrogen) atoms. The van der Waals surface area contributed by atoms with Crippen molar-refractivity contribution in [3.05, 3.63) is 48.3 Å². The number of carbonyl (C=O) groups is 1. The van der Waals surface area contributed by atoms with Crippen LogP contribution in [0.1, 0.15) is 23.9 Å². The second-order valence-electron chi connectivity index (χ2n) is 4.01. The lowest BCUT2D eigenvalue weighted by Crippen LogP contribution is -2.26. The summed E-state index contributed by atoms with van der Waals surface area (Å²) in [5.74, 6) is 1.31. The number of nitrogens with two attached hydrogens (primary N) is 1. The third-order valence-corrected chi connectivity index (χ3v) is 2.70. The molecule has 0 aliphatic rings. The second-order valence-corrected chi connectivity index (χ2v) is 4.01. The molecule has 0 aliphatic heterocycles. The van der Waals surface area contributed by atoms with Crippen LogP contribution in [0.15, 0.2) is 45.6 Å². The lowest BCUT2D eigenvalue weighted by molar-refractivity contribution is -0.121.